The summed E-state index contributed by atoms with van der Waals surface area (Å²) in [7, 11) is 0. The molecule has 0 aromatic heterocycles. The van der Waals surface area contributed by atoms with Crippen molar-refractivity contribution in [3.63, 3.8) is 0 Å². The molecule has 0 amide bonds. The van der Waals surface area contributed by atoms with Crippen LogP contribution in [0.3, 0.4) is 0 Å². The van der Waals surface area contributed by atoms with E-state index < -0.39 is 13.5 Å². The summed E-state index contributed by atoms with van der Waals surface area (Å²) >= 11 is 0. The number of benzene rings is 1. The summed E-state index contributed by atoms with van der Waals surface area (Å²) in [6, 6.07) is 6.77. The van der Waals surface area contributed by atoms with Crippen LogP contribution in [0.5, 0.6) is 5.75 Å². The van der Waals surface area contributed by atoms with Gasteiger partial charge in [0.25, 0.3) is 0 Å². The van der Waals surface area contributed by atoms with Gasteiger partial charge in [0.05, 0.1) is 6.51 Å². The normalized spacial score (nSPS) is 11.4. The first-order valence-electron chi connectivity index (χ1n) is 4.44. The minimum atomic E-state index is -4.87. The van der Waals surface area contributed by atoms with Crippen LogP contribution in [0.25, 0.3) is 0 Å². The quantitative estimate of drug-likeness (QED) is 0.683. The molecule has 78 valence electrons. The van der Waals surface area contributed by atoms with Gasteiger partial charge in [0.15, 0.2) is 0 Å². The van der Waals surface area contributed by atoms with Gasteiger partial charge < -0.3 is 17.7 Å². The maximum Gasteiger partial charge on any atom is 0.515 e. The molecule has 1 aromatic carbocycles. The average Bonchev–Trinajstić information content (AvgIpc) is 2.14. The lowest BCUT2D eigenvalue weighted by Crippen LogP contribution is -2.26. The Labute approximate surface area is 80.9 Å². The van der Waals surface area contributed by atoms with Gasteiger partial charge in [-0.25, -0.2) is 0 Å². The van der Waals surface area contributed by atoms with Crippen LogP contribution in [0.2, 0.25) is 0 Å². The molecule has 0 aliphatic rings. The number of ether oxygens (including phenoxy) is 1. The molecule has 0 heterocycles. The molecule has 0 fully saturated rings. The van der Waals surface area contributed by atoms with E-state index in [0.717, 1.165) is 5.56 Å². The molecule has 1 nitrogen and oxygen atoms in total. The Morgan fingerprint density at radius 2 is 1.86 bits per heavy atom. The van der Waals surface area contributed by atoms with Crippen molar-refractivity contribution in [3.8, 4) is 5.75 Å². The first-order valence-corrected chi connectivity index (χ1v) is 4.44. The Morgan fingerprint density at radius 1 is 1.21 bits per heavy atom. The average molecular weight is 203 g/mol. The molecule has 0 spiro atoms. The highest BCUT2D eigenvalue weighted by molar-refractivity contribution is 6.58. The molecule has 0 saturated heterocycles. The summed E-state index contributed by atoms with van der Waals surface area (Å²) in [6.45, 7) is -4.17. The van der Waals surface area contributed by atoms with Gasteiger partial charge >= 0.3 is 6.98 Å². The number of rotatable bonds is 4. The van der Waals surface area contributed by atoms with Gasteiger partial charge in [0.1, 0.15) is 5.75 Å². The van der Waals surface area contributed by atoms with Crippen LogP contribution in [-0.2, 0) is 6.42 Å². The topological polar surface area (TPSA) is 9.23 Å². The van der Waals surface area contributed by atoms with Crippen molar-refractivity contribution in [2.75, 3.05) is 6.51 Å². The van der Waals surface area contributed by atoms with E-state index in [-0.39, 0.29) is 0 Å². The third-order valence-electron chi connectivity index (χ3n) is 1.78. The van der Waals surface area contributed by atoms with Gasteiger partial charge in [-0.3, -0.25) is 0 Å². The van der Waals surface area contributed by atoms with Crippen LogP contribution < -0.4 is 4.74 Å². The maximum atomic E-state index is 11.9. The minimum Gasteiger partial charge on any atom is -0.521 e. The second-order valence-corrected chi connectivity index (χ2v) is 2.98. The second-order valence-electron chi connectivity index (χ2n) is 2.98. The van der Waals surface area contributed by atoms with Crippen molar-refractivity contribution < 1.29 is 17.7 Å². The molecule has 0 unspecified atom stereocenters. The van der Waals surface area contributed by atoms with E-state index in [2.05, 4.69) is 0 Å². The monoisotopic (exact) mass is 203 g/mol. The molecule has 1 rings (SSSR count). The highest BCUT2D eigenvalue weighted by atomic mass is 19.4. The number of para-hydroxylation sites is 1. The Kier molecular flexibility index (Phi) is 3.44. The van der Waals surface area contributed by atoms with Crippen molar-refractivity contribution in [3.05, 3.63) is 29.8 Å². The van der Waals surface area contributed by atoms with Gasteiger partial charge in [-0.05, 0) is 18.1 Å². The Morgan fingerprint density at radius 3 is 2.43 bits per heavy atom. The van der Waals surface area contributed by atoms with E-state index in [0.29, 0.717) is 12.2 Å². The van der Waals surface area contributed by atoms with Crippen molar-refractivity contribution >= 4 is 6.98 Å². The number of halogens is 3. The molecule has 0 N–H and O–H groups in total. The summed E-state index contributed by atoms with van der Waals surface area (Å²) in [6.07, 6.45) is 0.668. The first-order chi connectivity index (χ1) is 6.53. The van der Waals surface area contributed by atoms with Gasteiger partial charge in [-0.2, -0.15) is 0 Å². The fourth-order valence-electron chi connectivity index (χ4n) is 1.12. The molecule has 0 saturated carbocycles. The predicted octanol–water partition coefficient (Wildman–Crippen LogP) is 3.01. The Hall–Kier alpha value is -1.13. The van der Waals surface area contributed by atoms with Crippen LogP contribution in [0.15, 0.2) is 24.3 Å². The van der Waals surface area contributed by atoms with Gasteiger partial charge in [-0.1, -0.05) is 25.1 Å². The fraction of sp³-hybridized carbons (Fsp3) is 0.333. The first kappa shape index (κ1) is 11.0. The van der Waals surface area contributed by atoms with Crippen LogP contribution in [0.1, 0.15) is 12.5 Å². The number of aryl methyl sites for hydroxylation is 1. The van der Waals surface area contributed by atoms with Crippen molar-refractivity contribution in [1.82, 2.24) is 0 Å². The van der Waals surface area contributed by atoms with E-state index >= 15 is 0 Å². The lowest BCUT2D eigenvalue weighted by molar-refractivity contribution is 0.311. The standard InChI is InChI=1S/C9H11BF3O/c1-2-8-5-3-4-6-9(8)14-7-10(11,12)13/h3-6H,2,7H2,1H3/q-1. The van der Waals surface area contributed by atoms with E-state index in [4.69, 9.17) is 4.74 Å². The molecule has 0 radical (unpaired) electrons. The fourth-order valence-corrected chi connectivity index (χ4v) is 1.12. The molecular formula is C9H11BF3O-. The lowest BCUT2D eigenvalue weighted by atomic mass is 9.95. The van der Waals surface area contributed by atoms with E-state index in [1.54, 1.807) is 24.3 Å². The molecule has 1 aromatic rings. The van der Waals surface area contributed by atoms with Gasteiger partial charge in [0, 0.05) is 0 Å². The third kappa shape index (κ3) is 3.32. The Bertz CT molecular complexity index is 298. The van der Waals surface area contributed by atoms with Crippen LogP contribution in [0.4, 0.5) is 12.9 Å². The van der Waals surface area contributed by atoms with Gasteiger partial charge in [-0.15, -0.1) is 0 Å². The summed E-state index contributed by atoms with van der Waals surface area (Å²) in [5.41, 5.74) is 0.799. The summed E-state index contributed by atoms with van der Waals surface area (Å²) in [5, 5.41) is 0. The molecule has 0 aliphatic carbocycles. The zero-order chi connectivity index (χ0) is 10.6. The zero-order valence-corrected chi connectivity index (χ0v) is 7.84. The molecule has 0 atom stereocenters. The second kappa shape index (κ2) is 4.40. The number of hydrogen-bond acceptors (Lipinski definition) is 1. The van der Waals surface area contributed by atoms with Crippen LogP contribution in [-0.4, -0.2) is 13.5 Å². The number of hydrogen-bond donors (Lipinski definition) is 0. The summed E-state index contributed by atoms with van der Waals surface area (Å²) in [4.78, 5) is 0. The summed E-state index contributed by atoms with van der Waals surface area (Å²) < 4.78 is 40.4. The van der Waals surface area contributed by atoms with E-state index in [9.17, 15) is 12.9 Å². The third-order valence-corrected chi connectivity index (χ3v) is 1.78. The molecular weight excluding hydrogens is 192 g/mol. The molecule has 0 aliphatic heterocycles. The van der Waals surface area contributed by atoms with Crippen molar-refractivity contribution in [1.29, 1.82) is 0 Å². The smallest absolute Gasteiger partial charge is 0.515 e. The maximum absolute atomic E-state index is 11.9. The SMILES string of the molecule is CCc1ccccc1OC[B-](F)(F)F. The zero-order valence-electron chi connectivity index (χ0n) is 7.84. The lowest BCUT2D eigenvalue weighted by Gasteiger charge is -2.16. The van der Waals surface area contributed by atoms with Crippen LogP contribution in [0, 0.1) is 0 Å². The highest BCUT2D eigenvalue weighted by Gasteiger charge is 2.24. The van der Waals surface area contributed by atoms with Crippen molar-refractivity contribution in [2.24, 2.45) is 0 Å². The van der Waals surface area contributed by atoms with E-state index in [1.807, 2.05) is 6.92 Å². The molecule has 14 heavy (non-hydrogen) atoms. The molecule has 5 heteroatoms. The van der Waals surface area contributed by atoms with E-state index in [1.165, 1.54) is 0 Å². The van der Waals surface area contributed by atoms with Gasteiger partial charge in [0.2, 0.25) is 0 Å². The largest absolute Gasteiger partial charge is 0.521 e. The predicted molar refractivity (Wildman–Crippen MR) is 50.4 cm³/mol. The summed E-state index contributed by atoms with van der Waals surface area (Å²) in [5.74, 6) is 0.328. The molecule has 0 bridgehead atoms. The van der Waals surface area contributed by atoms with Crippen LogP contribution >= 0.6 is 0 Å². The van der Waals surface area contributed by atoms with Crippen molar-refractivity contribution in [2.45, 2.75) is 13.3 Å². The highest BCUT2D eigenvalue weighted by Crippen LogP contribution is 2.20. The Balaban J connectivity index is 2.67. The minimum absolute atomic E-state index is 0.328.